The molecule has 4 aliphatic rings. The lowest BCUT2D eigenvalue weighted by Crippen LogP contribution is -2.59. The minimum Gasteiger partial charge on any atom is -0.396 e. The van der Waals surface area contributed by atoms with Gasteiger partial charge in [-0.05, 0) is 104 Å². The molecule has 0 aromatic heterocycles. The summed E-state index contributed by atoms with van der Waals surface area (Å²) in [4.78, 5) is 0. The molecule has 0 heterocycles. The van der Waals surface area contributed by atoms with Crippen LogP contribution in [0.1, 0.15) is 79.1 Å². The Morgan fingerprint density at radius 2 is 1.50 bits per heavy atom. The van der Waals surface area contributed by atoms with Gasteiger partial charge in [-0.1, -0.05) is 39.8 Å². The maximum atomic E-state index is 13.7. The fourth-order valence-corrected chi connectivity index (χ4v) is 9.96. The van der Waals surface area contributed by atoms with Crippen LogP contribution in [0.3, 0.4) is 0 Å². The number of allylic oxidation sites excluding steroid dienone is 2. The lowest BCUT2D eigenvalue weighted by molar-refractivity contribution is -0.213. The van der Waals surface area contributed by atoms with Crippen LogP contribution in [0.15, 0.2) is 12.2 Å². The van der Waals surface area contributed by atoms with Gasteiger partial charge in [0.25, 0.3) is 0 Å². The van der Waals surface area contributed by atoms with Crippen LogP contribution < -0.4 is 0 Å². The first-order valence-electron chi connectivity index (χ1n) is 15.5. The van der Waals surface area contributed by atoms with Crippen molar-refractivity contribution in [2.75, 3.05) is 34.4 Å². The van der Waals surface area contributed by atoms with Crippen LogP contribution in [0.25, 0.3) is 0 Å². The van der Waals surface area contributed by atoms with E-state index < -0.39 is 24.6 Å². The van der Waals surface area contributed by atoms with Crippen molar-refractivity contribution < 1.29 is 37.2 Å². The molecular formula is C32H53F3O5. The molecule has 0 aromatic rings. The molecule has 0 amide bonds. The number of alkyl halides is 3. The van der Waals surface area contributed by atoms with Gasteiger partial charge in [-0.2, -0.15) is 13.2 Å². The number of aliphatic hydroxyl groups excluding tert-OH is 1. The number of hydrogen-bond donors (Lipinski definition) is 1. The summed E-state index contributed by atoms with van der Waals surface area (Å²) in [6.07, 6.45) is 7.74. The van der Waals surface area contributed by atoms with E-state index in [-0.39, 0.29) is 35.7 Å². The van der Waals surface area contributed by atoms with Gasteiger partial charge in [-0.15, -0.1) is 0 Å². The Labute approximate surface area is 239 Å². The zero-order chi connectivity index (χ0) is 29.3. The molecule has 0 spiro atoms. The fraction of sp³-hybridized carbons (Fsp3) is 0.938. The van der Waals surface area contributed by atoms with E-state index in [0.29, 0.717) is 36.4 Å². The minimum atomic E-state index is -4.35. The summed E-state index contributed by atoms with van der Waals surface area (Å²) in [7, 11) is 3.34. The molecule has 0 saturated heterocycles. The van der Waals surface area contributed by atoms with Gasteiger partial charge in [0.1, 0.15) is 13.6 Å². The second-order valence-corrected chi connectivity index (χ2v) is 14.0. The Balaban J connectivity index is 1.54. The molecule has 5 nitrogen and oxygen atoms in total. The highest BCUT2D eigenvalue weighted by atomic mass is 19.4. The second kappa shape index (κ2) is 12.9. The summed E-state index contributed by atoms with van der Waals surface area (Å²) in [6, 6.07) is 0. The van der Waals surface area contributed by atoms with E-state index in [0.717, 1.165) is 44.9 Å². The van der Waals surface area contributed by atoms with E-state index in [1.54, 1.807) is 20.3 Å². The third-order valence-electron chi connectivity index (χ3n) is 12.0. The molecule has 0 aromatic carbocycles. The average molecular weight is 575 g/mol. The van der Waals surface area contributed by atoms with Crippen molar-refractivity contribution in [1.29, 1.82) is 0 Å². The summed E-state index contributed by atoms with van der Waals surface area (Å²) in [5.74, 6) is 0.103. The average Bonchev–Trinajstić information content (AvgIpc) is 3.27. The van der Waals surface area contributed by atoms with Gasteiger partial charge in [-0.3, -0.25) is 0 Å². The number of halogens is 3. The van der Waals surface area contributed by atoms with E-state index in [1.165, 1.54) is 19.4 Å². The molecule has 0 bridgehead atoms. The largest absolute Gasteiger partial charge is 0.396 e. The molecule has 0 radical (unpaired) electrons. The number of methoxy groups -OCH3 is 2. The normalized spacial score (nSPS) is 42.2. The lowest BCUT2D eigenvalue weighted by Gasteiger charge is -2.63. The number of fused-ring (bicyclic) bond motifs is 5. The van der Waals surface area contributed by atoms with Crippen molar-refractivity contribution in [3.63, 3.8) is 0 Å². The minimum absolute atomic E-state index is 0.0585. The number of rotatable bonds is 11. The first kappa shape index (κ1) is 32.2. The van der Waals surface area contributed by atoms with E-state index >= 15 is 0 Å². The summed E-state index contributed by atoms with van der Waals surface area (Å²) in [5.41, 5.74) is 0.286. The van der Waals surface area contributed by atoms with Crippen LogP contribution in [0, 0.1) is 58.2 Å². The summed E-state index contributed by atoms with van der Waals surface area (Å²) < 4.78 is 64.1. The fourth-order valence-electron chi connectivity index (χ4n) is 9.96. The van der Waals surface area contributed by atoms with Crippen LogP contribution in [0.5, 0.6) is 0 Å². The van der Waals surface area contributed by atoms with Crippen LogP contribution in [-0.2, 0) is 18.9 Å². The zero-order valence-corrected chi connectivity index (χ0v) is 25.4. The smallest absolute Gasteiger partial charge is 0.395 e. The lowest BCUT2D eigenvalue weighted by atomic mass is 9.43. The van der Waals surface area contributed by atoms with Gasteiger partial charge >= 0.3 is 6.18 Å². The molecule has 4 rings (SSSR count). The van der Waals surface area contributed by atoms with Gasteiger partial charge < -0.3 is 24.1 Å². The zero-order valence-electron chi connectivity index (χ0n) is 25.4. The molecular weight excluding hydrogens is 521 g/mol. The summed E-state index contributed by atoms with van der Waals surface area (Å²) in [5, 5.41) is 9.42. The van der Waals surface area contributed by atoms with Gasteiger partial charge in [-0.25, -0.2) is 0 Å². The SMILES string of the molecule is COCO[C@@H]1CC[C@]2(C)[C@H]3CC[C@]4(C)[C@@H]([C@H](C)/C=C/[C@H](C(C)CO)C(F)(F)F)CC[C@H]4[C@@H]3C[C@H](OCOC)[C@@H]2C1. The van der Waals surface area contributed by atoms with Gasteiger partial charge in [0.15, 0.2) is 0 Å². The molecule has 232 valence electrons. The quantitative estimate of drug-likeness (QED) is 0.208. The third kappa shape index (κ3) is 6.17. The van der Waals surface area contributed by atoms with Crippen molar-refractivity contribution in [3.05, 3.63) is 12.2 Å². The van der Waals surface area contributed by atoms with E-state index in [4.69, 9.17) is 18.9 Å². The first-order valence-corrected chi connectivity index (χ1v) is 15.5. The van der Waals surface area contributed by atoms with E-state index in [9.17, 15) is 18.3 Å². The highest BCUT2D eigenvalue weighted by Crippen LogP contribution is 2.68. The van der Waals surface area contributed by atoms with Gasteiger partial charge in [0, 0.05) is 20.8 Å². The highest BCUT2D eigenvalue weighted by molar-refractivity contribution is 5.13. The van der Waals surface area contributed by atoms with E-state index in [1.807, 2.05) is 0 Å². The maximum Gasteiger partial charge on any atom is 0.395 e. The predicted octanol–water partition coefficient (Wildman–Crippen LogP) is 7.23. The van der Waals surface area contributed by atoms with Crippen molar-refractivity contribution >= 4 is 0 Å². The van der Waals surface area contributed by atoms with Gasteiger partial charge in [0.2, 0.25) is 0 Å². The Morgan fingerprint density at radius 1 is 0.850 bits per heavy atom. The maximum absolute atomic E-state index is 13.7. The molecule has 40 heavy (non-hydrogen) atoms. The molecule has 8 heteroatoms. The summed E-state index contributed by atoms with van der Waals surface area (Å²) in [6.45, 7) is 8.62. The Bertz CT molecular complexity index is 851. The van der Waals surface area contributed by atoms with Crippen molar-refractivity contribution in [2.24, 2.45) is 58.2 Å². The predicted molar refractivity (Wildman–Crippen MR) is 148 cm³/mol. The van der Waals surface area contributed by atoms with Crippen molar-refractivity contribution in [3.8, 4) is 0 Å². The highest BCUT2D eigenvalue weighted by Gasteiger charge is 2.62. The Hall–Kier alpha value is -0.670. The molecule has 4 fully saturated rings. The third-order valence-corrected chi connectivity index (χ3v) is 12.0. The molecule has 0 aliphatic heterocycles. The van der Waals surface area contributed by atoms with Crippen molar-refractivity contribution in [1.82, 2.24) is 0 Å². The molecule has 4 saturated carbocycles. The second-order valence-electron chi connectivity index (χ2n) is 14.0. The number of ether oxygens (including phenoxy) is 4. The molecule has 12 atom stereocenters. The van der Waals surface area contributed by atoms with Crippen LogP contribution >= 0.6 is 0 Å². The number of hydrogen-bond acceptors (Lipinski definition) is 5. The Morgan fingerprint density at radius 3 is 2.15 bits per heavy atom. The topological polar surface area (TPSA) is 57.2 Å². The molecule has 1 unspecified atom stereocenters. The monoisotopic (exact) mass is 574 g/mol. The first-order chi connectivity index (χ1) is 18.9. The standard InChI is InChI=1S/C32H53F3O5/c1-20(7-8-25(21(2)17-36)32(33,34)35)24-9-10-26-23-16-29(40-19-38-6)28-15-22(39-18-37-5)11-13-31(28,4)27(23)12-14-30(24,26)3/h7-8,20-29,36H,9-19H2,1-6H3/b8-7+/t20-,21?,22-,23+,24-,25-,26+,27+,28+,29+,30-,31-/m1/s1. The van der Waals surface area contributed by atoms with Crippen molar-refractivity contribution in [2.45, 2.75) is 97.4 Å². The van der Waals surface area contributed by atoms with Crippen LogP contribution in [0.2, 0.25) is 0 Å². The van der Waals surface area contributed by atoms with Crippen LogP contribution in [0.4, 0.5) is 13.2 Å². The summed E-state index contributed by atoms with van der Waals surface area (Å²) >= 11 is 0. The molecule has 1 N–H and O–H groups in total. The van der Waals surface area contributed by atoms with Gasteiger partial charge in [0.05, 0.1) is 18.1 Å². The van der Waals surface area contributed by atoms with Crippen LogP contribution in [-0.4, -0.2) is 57.9 Å². The molecule has 4 aliphatic carbocycles. The Kier molecular flexibility index (Phi) is 10.4. The van der Waals surface area contributed by atoms with E-state index in [2.05, 4.69) is 20.8 Å². The number of aliphatic hydroxyl groups is 1.